The molecule has 3 N–H and O–H groups in total. The Bertz CT molecular complexity index is 936. The summed E-state index contributed by atoms with van der Waals surface area (Å²) in [7, 11) is 0. The second-order valence-corrected chi connectivity index (χ2v) is 8.69. The van der Waals surface area contributed by atoms with Crippen LogP contribution in [-0.2, 0) is 11.2 Å². The number of aliphatic hydroxyl groups is 1. The number of hydrogen-bond donors (Lipinski definition) is 2. The van der Waals surface area contributed by atoms with Crippen molar-refractivity contribution < 1.29 is 9.90 Å². The van der Waals surface area contributed by atoms with Gasteiger partial charge in [-0.15, -0.1) is 0 Å². The molecule has 29 heavy (non-hydrogen) atoms. The third-order valence-electron chi connectivity index (χ3n) is 7.39. The smallest absolute Gasteiger partial charge is 0.230 e. The van der Waals surface area contributed by atoms with Gasteiger partial charge in [-0.25, -0.2) is 0 Å². The third kappa shape index (κ3) is 2.83. The number of aromatic nitrogens is 1. The second-order valence-electron chi connectivity index (χ2n) is 8.69. The van der Waals surface area contributed by atoms with Crippen molar-refractivity contribution in [3.8, 4) is 0 Å². The number of fused-ring (bicyclic) bond motifs is 4. The van der Waals surface area contributed by atoms with Crippen LogP contribution in [0.25, 0.3) is 6.08 Å². The minimum absolute atomic E-state index is 0.0256. The maximum Gasteiger partial charge on any atom is 0.230 e. The molecule has 3 aliphatic heterocycles. The molecule has 0 spiro atoms. The van der Waals surface area contributed by atoms with E-state index in [1.54, 1.807) is 6.20 Å². The number of aliphatic hydroxyl groups excluding tert-OH is 1. The lowest BCUT2D eigenvalue weighted by Gasteiger charge is -2.58. The quantitative estimate of drug-likeness (QED) is 0.842. The van der Waals surface area contributed by atoms with E-state index < -0.39 is 17.4 Å². The van der Waals surface area contributed by atoms with Crippen molar-refractivity contribution in [2.45, 2.75) is 31.4 Å². The summed E-state index contributed by atoms with van der Waals surface area (Å²) in [5.74, 6) is -0.0771. The molecule has 2 aromatic rings. The van der Waals surface area contributed by atoms with E-state index in [9.17, 15) is 9.90 Å². The first-order valence-electron chi connectivity index (χ1n) is 10.5. The van der Waals surface area contributed by atoms with Crippen LogP contribution in [0, 0.1) is 17.3 Å². The van der Waals surface area contributed by atoms with Gasteiger partial charge in [0.2, 0.25) is 5.91 Å². The Hall–Kier alpha value is -2.50. The molecule has 3 fully saturated rings. The number of piperidine rings is 3. The molecule has 1 aromatic carbocycles. The number of nitrogens with two attached hydrogens (primary N) is 1. The van der Waals surface area contributed by atoms with E-state index in [1.165, 1.54) is 0 Å². The fourth-order valence-electron chi connectivity index (χ4n) is 6.04. The van der Waals surface area contributed by atoms with Crippen molar-refractivity contribution in [3.63, 3.8) is 0 Å². The van der Waals surface area contributed by atoms with E-state index in [2.05, 4.69) is 16.0 Å². The van der Waals surface area contributed by atoms with E-state index in [-0.39, 0.29) is 12.0 Å². The van der Waals surface area contributed by atoms with Crippen LogP contribution in [0.2, 0.25) is 0 Å². The van der Waals surface area contributed by atoms with Gasteiger partial charge in [0.15, 0.2) is 0 Å². The number of nitrogens with zero attached hydrogens (tertiary/aromatic N) is 2. The number of carbonyl (C=O) groups excluding carboxylic acids is 1. The minimum atomic E-state index is -1.09. The van der Waals surface area contributed by atoms with E-state index >= 15 is 0 Å². The van der Waals surface area contributed by atoms with Crippen LogP contribution in [0.1, 0.15) is 35.6 Å². The zero-order chi connectivity index (χ0) is 20.0. The number of primary amides is 1. The fourth-order valence-corrected chi connectivity index (χ4v) is 6.04. The van der Waals surface area contributed by atoms with Gasteiger partial charge in [-0.3, -0.25) is 14.7 Å². The molecule has 5 nitrogen and oxygen atoms in total. The van der Waals surface area contributed by atoms with E-state index in [1.807, 2.05) is 48.7 Å². The molecule has 1 aliphatic carbocycles. The van der Waals surface area contributed by atoms with Crippen molar-refractivity contribution in [2.75, 3.05) is 13.1 Å². The van der Waals surface area contributed by atoms with E-state index in [0.29, 0.717) is 5.92 Å². The summed E-state index contributed by atoms with van der Waals surface area (Å²) in [4.78, 5) is 19.8. The van der Waals surface area contributed by atoms with Crippen molar-refractivity contribution in [2.24, 2.45) is 23.0 Å². The summed E-state index contributed by atoms with van der Waals surface area (Å²) in [5, 5.41) is 11.5. The topological polar surface area (TPSA) is 79.5 Å². The summed E-state index contributed by atoms with van der Waals surface area (Å²) >= 11 is 0. The molecule has 4 unspecified atom stereocenters. The van der Waals surface area contributed by atoms with Crippen LogP contribution in [0.15, 0.2) is 54.9 Å². The maximum atomic E-state index is 13.1. The molecule has 1 amide bonds. The number of rotatable bonds is 4. The molecule has 6 rings (SSSR count). The Morgan fingerprint density at radius 1 is 1.21 bits per heavy atom. The first kappa shape index (κ1) is 18.5. The van der Waals surface area contributed by atoms with Crippen LogP contribution in [0.5, 0.6) is 0 Å². The average molecular weight is 389 g/mol. The molecule has 1 aromatic heterocycles. The van der Waals surface area contributed by atoms with E-state index in [4.69, 9.17) is 5.73 Å². The highest BCUT2D eigenvalue weighted by atomic mass is 16.3. The Morgan fingerprint density at radius 3 is 2.72 bits per heavy atom. The lowest BCUT2D eigenvalue weighted by molar-refractivity contribution is -0.150. The maximum absolute atomic E-state index is 13.1. The van der Waals surface area contributed by atoms with Gasteiger partial charge >= 0.3 is 0 Å². The molecular formula is C24H27N3O2. The van der Waals surface area contributed by atoms with Gasteiger partial charge in [0.05, 0.1) is 6.10 Å². The van der Waals surface area contributed by atoms with Crippen LogP contribution < -0.4 is 5.73 Å². The molecule has 4 heterocycles. The highest BCUT2D eigenvalue weighted by Crippen LogP contribution is 2.55. The molecule has 0 radical (unpaired) electrons. The average Bonchev–Trinajstić information content (AvgIpc) is 2.76. The minimum Gasteiger partial charge on any atom is -0.387 e. The molecular weight excluding hydrogens is 362 g/mol. The zero-order valence-electron chi connectivity index (χ0n) is 16.4. The van der Waals surface area contributed by atoms with Gasteiger partial charge in [0, 0.05) is 18.4 Å². The van der Waals surface area contributed by atoms with Gasteiger partial charge in [0.25, 0.3) is 0 Å². The third-order valence-corrected chi connectivity index (χ3v) is 7.39. The molecule has 0 saturated carbocycles. The Balaban J connectivity index is 1.60. The molecule has 3 saturated heterocycles. The predicted molar refractivity (Wildman–Crippen MR) is 112 cm³/mol. The van der Waals surface area contributed by atoms with Crippen molar-refractivity contribution in [3.05, 3.63) is 71.6 Å². The Morgan fingerprint density at radius 2 is 2.00 bits per heavy atom. The van der Waals surface area contributed by atoms with Crippen LogP contribution >= 0.6 is 0 Å². The van der Waals surface area contributed by atoms with Gasteiger partial charge in [-0.05, 0) is 66.9 Å². The van der Waals surface area contributed by atoms with Gasteiger partial charge in [-0.2, -0.15) is 0 Å². The highest BCUT2D eigenvalue weighted by molar-refractivity contribution is 5.87. The summed E-state index contributed by atoms with van der Waals surface area (Å²) in [5.41, 5.74) is 7.91. The lowest BCUT2D eigenvalue weighted by Crippen LogP contribution is -2.64. The summed E-state index contributed by atoms with van der Waals surface area (Å²) in [6, 6.07) is 12.0. The monoisotopic (exact) mass is 389 g/mol. The van der Waals surface area contributed by atoms with Gasteiger partial charge in [0.1, 0.15) is 5.41 Å². The zero-order valence-corrected chi connectivity index (χ0v) is 16.4. The molecule has 5 heteroatoms. The molecule has 4 aliphatic rings. The van der Waals surface area contributed by atoms with Crippen LogP contribution in [0.4, 0.5) is 0 Å². The SMILES string of the molecule is NC(=O)C1(C2C3CCN(CC3)C2Cc2cccnc2)C=Cc2ccccc2C1O. The summed E-state index contributed by atoms with van der Waals surface area (Å²) in [6.07, 6.45) is 9.55. The molecule has 150 valence electrons. The van der Waals surface area contributed by atoms with Crippen LogP contribution in [-0.4, -0.2) is 40.0 Å². The van der Waals surface area contributed by atoms with Crippen molar-refractivity contribution in [1.29, 1.82) is 0 Å². The number of amides is 1. The van der Waals surface area contributed by atoms with Crippen molar-refractivity contribution >= 4 is 12.0 Å². The number of hydrogen-bond acceptors (Lipinski definition) is 4. The van der Waals surface area contributed by atoms with Crippen molar-refractivity contribution in [1.82, 2.24) is 9.88 Å². The fraction of sp³-hybridized carbons (Fsp3) is 0.417. The normalized spacial score (nSPS) is 35.3. The molecule has 4 atom stereocenters. The van der Waals surface area contributed by atoms with Crippen LogP contribution in [0.3, 0.4) is 0 Å². The largest absolute Gasteiger partial charge is 0.387 e. The lowest BCUT2D eigenvalue weighted by atomic mass is 9.55. The Labute approximate surface area is 171 Å². The first-order chi connectivity index (χ1) is 14.1. The highest BCUT2D eigenvalue weighted by Gasteiger charge is 2.58. The number of benzene rings is 1. The van der Waals surface area contributed by atoms with Gasteiger partial charge < -0.3 is 10.8 Å². The Kier molecular flexibility index (Phi) is 4.52. The molecule has 2 bridgehead atoms. The number of carbonyl (C=O) groups is 1. The number of pyridine rings is 1. The van der Waals surface area contributed by atoms with E-state index in [0.717, 1.165) is 49.0 Å². The second kappa shape index (κ2) is 7.08. The van der Waals surface area contributed by atoms with Gasteiger partial charge in [-0.1, -0.05) is 42.5 Å². The first-order valence-corrected chi connectivity index (χ1v) is 10.5. The summed E-state index contributed by atoms with van der Waals surface area (Å²) < 4.78 is 0. The summed E-state index contributed by atoms with van der Waals surface area (Å²) in [6.45, 7) is 2.08. The predicted octanol–water partition coefficient (Wildman–Crippen LogP) is 2.57. The standard InChI is InChI=1S/C24H27N3O2/c25-23(29)24(10-7-17-5-1-2-6-19(17)22(24)28)21-18-8-12-27(13-9-18)20(21)14-16-4-3-11-26-15-16/h1-7,10-11,15,18,20-22,28H,8-9,12-14H2,(H2,25,29).